The fourth-order valence-corrected chi connectivity index (χ4v) is 3.94. The second-order valence-electron chi connectivity index (χ2n) is 6.51. The molecular formula is C21H18N4O4S. The number of sulfonamides is 1. The Hall–Kier alpha value is -3.90. The third-order valence-corrected chi connectivity index (χ3v) is 5.77. The summed E-state index contributed by atoms with van der Waals surface area (Å²) in [5.41, 5.74) is 1.41. The lowest BCUT2D eigenvalue weighted by Gasteiger charge is -2.16. The van der Waals surface area contributed by atoms with E-state index in [1.54, 1.807) is 61.5 Å². The van der Waals surface area contributed by atoms with Crippen molar-refractivity contribution >= 4 is 27.1 Å². The third kappa shape index (κ3) is 4.74. The number of anilines is 2. The van der Waals surface area contributed by atoms with Gasteiger partial charge >= 0.3 is 0 Å². The number of nitro groups is 1. The maximum Gasteiger partial charge on any atom is 0.293 e. The Bertz CT molecular complexity index is 1220. The number of nitriles is 1. The van der Waals surface area contributed by atoms with Crippen LogP contribution >= 0.6 is 0 Å². The Kier molecular flexibility index (Phi) is 5.99. The van der Waals surface area contributed by atoms with Crippen LogP contribution in [0.3, 0.4) is 0 Å². The molecule has 0 bridgehead atoms. The third-order valence-electron chi connectivity index (χ3n) is 4.39. The number of rotatable bonds is 7. The van der Waals surface area contributed by atoms with Gasteiger partial charge in [0.05, 0.1) is 21.5 Å². The lowest BCUT2D eigenvalue weighted by atomic mass is 10.1. The highest BCUT2D eigenvalue weighted by Gasteiger charge is 2.22. The number of nitrogens with one attached hydrogen (secondary N) is 2. The molecule has 1 atom stereocenters. The minimum absolute atomic E-state index is 0.175. The van der Waals surface area contributed by atoms with E-state index in [4.69, 9.17) is 5.26 Å². The summed E-state index contributed by atoms with van der Waals surface area (Å²) in [5.74, 6) is 0. The van der Waals surface area contributed by atoms with Crippen LogP contribution in [0.4, 0.5) is 17.1 Å². The van der Waals surface area contributed by atoms with Gasteiger partial charge in [-0.1, -0.05) is 30.3 Å². The molecule has 0 aromatic heterocycles. The first kappa shape index (κ1) is 20.8. The predicted molar refractivity (Wildman–Crippen MR) is 114 cm³/mol. The number of hydrogen-bond acceptors (Lipinski definition) is 6. The summed E-state index contributed by atoms with van der Waals surface area (Å²) in [6, 6.07) is 20.5. The van der Waals surface area contributed by atoms with E-state index in [2.05, 4.69) is 16.1 Å². The van der Waals surface area contributed by atoms with Crippen molar-refractivity contribution in [1.29, 1.82) is 5.26 Å². The van der Waals surface area contributed by atoms with Gasteiger partial charge in [-0.05, 0) is 48.9 Å². The van der Waals surface area contributed by atoms with E-state index >= 15 is 0 Å². The normalized spacial score (nSPS) is 11.9. The minimum atomic E-state index is -3.99. The molecule has 0 aliphatic heterocycles. The molecule has 9 heteroatoms. The van der Waals surface area contributed by atoms with E-state index in [0.29, 0.717) is 11.3 Å². The molecule has 152 valence electrons. The van der Waals surface area contributed by atoms with Crippen LogP contribution in [0, 0.1) is 21.4 Å². The maximum atomic E-state index is 12.6. The Labute approximate surface area is 174 Å². The fraction of sp³-hybridized carbons (Fsp3) is 0.0952. The van der Waals surface area contributed by atoms with Gasteiger partial charge in [0.1, 0.15) is 5.69 Å². The smallest absolute Gasteiger partial charge is 0.293 e. The van der Waals surface area contributed by atoms with Crippen molar-refractivity contribution in [1.82, 2.24) is 0 Å². The number of nitrogens with zero attached hydrogens (tertiary/aromatic N) is 2. The summed E-state index contributed by atoms with van der Waals surface area (Å²) in [6.45, 7) is 1.79. The molecule has 0 aliphatic carbocycles. The lowest BCUT2D eigenvalue weighted by Crippen LogP contribution is -2.14. The highest BCUT2D eigenvalue weighted by Crippen LogP contribution is 2.31. The summed E-state index contributed by atoms with van der Waals surface area (Å²) in [7, 11) is -3.99. The van der Waals surface area contributed by atoms with Gasteiger partial charge in [0.15, 0.2) is 0 Å². The molecule has 0 aliphatic rings. The molecule has 8 nitrogen and oxygen atoms in total. The van der Waals surface area contributed by atoms with E-state index in [9.17, 15) is 18.5 Å². The average Bonchev–Trinajstić information content (AvgIpc) is 2.74. The predicted octanol–water partition coefficient (Wildman–Crippen LogP) is 4.44. The molecule has 0 radical (unpaired) electrons. The first-order valence-electron chi connectivity index (χ1n) is 8.93. The van der Waals surface area contributed by atoms with Crippen molar-refractivity contribution < 1.29 is 13.3 Å². The first-order chi connectivity index (χ1) is 14.3. The molecule has 2 N–H and O–H groups in total. The lowest BCUT2D eigenvalue weighted by molar-refractivity contribution is -0.384. The number of para-hydroxylation sites is 1. The molecule has 0 amide bonds. The second-order valence-corrected chi connectivity index (χ2v) is 8.19. The molecule has 1 unspecified atom stereocenters. The van der Waals surface area contributed by atoms with Crippen LogP contribution in [-0.4, -0.2) is 13.3 Å². The molecule has 0 fully saturated rings. The molecule has 3 aromatic rings. The Morgan fingerprint density at radius 2 is 1.77 bits per heavy atom. The van der Waals surface area contributed by atoms with Gasteiger partial charge in [-0.25, -0.2) is 8.42 Å². The number of benzene rings is 3. The van der Waals surface area contributed by atoms with E-state index in [1.807, 2.05) is 0 Å². The molecule has 0 heterocycles. The van der Waals surface area contributed by atoms with E-state index in [1.165, 1.54) is 12.1 Å². The Morgan fingerprint density at radius 1 is 1.03 bits per heavy atom. The largest absolute Gasteiger partial charge is 0.373 e. The summed E-state index contributed by atoms with van der Waals surface area (Å²) in [4.78, 5) is 10.7. The Morgan fingerprint density at radius 3 is 2.43 bits per heavy atom. The highest BCUT2D eigenvalue weighted by molar-refractivity contribution is 7.92. The summed E-state index contributed by atoms with van der Waals surface area (Å²) in [5, 5.41) is 23.6. The molecular weight excluding hydrogens is 404 g/mol. The zero-order chi connectivity index (χ0) is 21.7. The molecule has 0 spiro atoms. The van der Waals surface area contributed by atoms with Crippen LogP contribution < -0.4 is 10.0 Å². The first-order valence-corrected chi connectivity index (χ1v) is 10.4. The molecule has 30 heavy (non-hydrogen) atoms. The van der Waals surface area contributed by atoms with Crippen LogP contribution in [0.2, 0.25) is 0 Å². The van der Waals surface area contributed by atoms with Crippen molar-refractivity contribution in [2.45, 2.75) is 17.9 Å². The van der Waals surface area contributed by atoms with Gasteiger partial charge < -0.3 is 5.32 Å². The average molecular weight is 422 g/mol. The van der Waals surface area contributed by atoms with Crippen molar-refractivity contribution in [3.8, 4) is 6.07 Å². The van der Waals surface area contributed by atoms with Gasteiger partial charge in [-0.15, -0.1) is 0 Å². The van der Waals surface area contributed by atoms with Crippen molar-refractivity contribution in [2.24, 2.45) is 0 Å². The van der Waals surface area contributed by atoms with Gasteiger partial charge in [-0.3, -0.25) is 14.8 Å². The SMILES string of the molecule is CC(Nc1ccc(S(=O)(=O)Nc2ccccc2)cc1[N+](=O)[O-])c1cccc(C#N)c1. The van der Waals surface area contributed by atoms with Gasteiger partial charge in [0.25, 0.3) is 15.7 Å². The zero-order valence-corrected chi connectivity index (χ0v) is 16.8. The van der Waals surface area contributed by atoms with Crippen LogP contribution in [0.1, 0.15) is 24.1 Å². The van der Waals surface area contributed by atoms with Gasteiger partial charge in [-0.2, -0.15) is 5.26 Å². The highest BCUT2D eigenvalue weighted by atomic mass is 32.2. The quantitative estimate of drug-likeness (QED) is 0.428. The molecule has 0 saturated carbocycles. The monoisotopic (exact) mass is 422 g/mol. The summed E-state index contributed by atoms with van der Waals surface area (Å²) >= 11 is 0. The molecule has 3 aromatic carbocycles. The van der Waals surface area contributed by atoms with Crippen LogP contribution in [0.5, 0.6) is 0 Å². The maximum absolute atomic E-state index is 12.6. The van der Waals surface area contributed by atoms with Crippen molar-refractivity contribution in [3.05, 3.63) is 94.0 Å². The van der Waals surface area contributed by atoms with Crippen molar-refractivity contribution in [3.63, 3.8) is 0 Å². The van der Waals surface area contributed by atoms with Crippen molar-refractivity contribution in [2.75, 3.05) is 10.0 Å². The van der Waals surface area contributed by atoms with Gasteiger partial charge in [0, 0.05) is 17.8 Å². The Balaban J connectivity index is 1.90. The number of nitro benzene ring substituents is 1. The summed E-state index contributed by atoms with van der Waals surface area (Å²) < 4.78 is 27.6. The standard InChI is InChI=1S/C21H18N4O4S/c1-15(17-7-5-6-16(12-17)14-22)23-20-11-10-19(13-21(20)25(26)27)30(28,29)24-18-8-3-2-4-9-18/h2-13,15,23-24H,1H3. The van der Waals surface area contributed by atoms with E-state index < -0.39 is 14.9 Å². The second kappa shape index (κ2) is 8.63. The van der Waals surface area contributed by atoms with E-state index in [0.717, 1.165) is 11.6 Å². The molecule has 0 saturated heterocycles. The summed E-state index contributed by atoms with van der Waals surface area (Å²) in [6.07, 6.45) is 0. The fourth-order valence-electron chi connectivity index (χ4n) is 2.87. The number of hydrogen-bond donors (Lipinski definition) is 2. The van der Waals surface area contributed by atoms with E-state index in [-0.39, 0.29) is 22.3 Å². The topological polar surface area (TPSA) is 125 Å². The van der Waals surface area contributed by atoms with Gasteiger partial charge in [0.2, 0.25) is 0 Å². The minimum Gasteiger partial charge on any atom is -0.373 e. The van der Waals surface area contributed by atoms with Crippen LogP contribution in [0.25, 0.3) is 0 Å². The molecule has 3 rings (SSSR count). The van der Waals surface area contributed by atoms with Crippen LogP contribution in [-0.2, 0) is 10.0 Å². The van der Waals surface area contributed by atoms with Crippen LogP contribution in [0.15, 0.2) is 77.7 Å². The zero-order valence-electron chi connectivity index (χ0n) is 15.9.